The molecule has 0 saturated heterocycles. The molecule has 1 rings (SSSR count). The summed E-state index contributed by atoms with van der Waals surface area (Å²) in [5.41, 5.74) is 5.76. The first-order valence-corrected chi connectivity index (χ1v) is 5.29. The van der Waals surface area contributed by atoms with Crippen LogP contribution < -0.4 is 16.4 Å². The molecule has 98 valence electrons. The topological polar surface area (TPSA) is 99.7 Å². The van der Waals surface area contributed by atoms with Gasteiger partial charge in [-0.25, -0.2) is 9.18 Å². The molecule has 0 aliphatic heterocycles. The third kappa shape index (κ3) is 3.62. The minimum atomic E-state index is -0.550. The standard InChI is InChI=1S/C11H15FN4O2/c1-6(2)14-11(17)15-9-4-3-7(12)5-8(9)10(13)16-18/h3-6,18H,1-2H3,(H2,13,16)(H2,14,15,17). The lowest BCUT2D eigenvalue weighted by atomic mass is 10.1. The molecule has 0 aliphatic rings. The number of nitrogens with one attached hydrogen (secondary N) is 2. The van der Waals surface area contributed by atoms with E-state index in [9.17, 15) is 9.18 Å². The zero-order chi connectivity index (χ0) is 13.7. The van der Waals surface area contributed by atoms with E-state index in [0.717, 1.165) is 6.07 Å². The summed E-state index contributed by atoms with van der Waals surface area (Å²) in [6.07, 6.45) is 0. The van der Waals surface area contributed by atoms with Crippen molar-refractivity contribution < 1.29 is 14.4 Å². The van der Waals surface area contributed by atoms with E-state index in [1.807, 2.05) is 0 Å². The van der Waals surface area contributed by atoms with Crippen molar-refractivity contribution in [3.63, 3.8) is 0 Å². The number of carbonyl (C=O) groups excluding carboxylic acids is 1. The van der Waals surface area contributed by atoms with Gasteiger partial charge in [0.25, 0.3) is 0 Å². The number of oxime groups is 1. The molecular weight excluding hydrogens is 239 g/mol. The molecule has 0 unspecified atom stereocenters. The number of carbonyl (C=O) groups is 1. The van der Waals surface area contributed by atoms with Crippen LogP contribution in [-0.4, -0.2) is 23.1 Å². The van der Waals surface area contributed by atoms with E-state index in [1.54, 1.807) is 13.8 Å². The molecule has 0 atom stereocenters. The maximum atomic E-state index is 13.1. The molecule has 0 bridgehead atoms. The van der Waals surface area contributed by atoms with E-state index in [2.05, 4.69) is 15.8 Å². The van der Waals surface area contributed by atoms with Crippen LogP contribution in [0.25, 0.3) is 0 Å². The number of benzene rings is 1. The Kier molecular flexibility index (Phi) is 4.47. The van der Waals surface area contributed by atoms with E-state index in [0.29, 0.717) is 0 Å². The first-order chi connectivity index (χ1) is 8.43. The van der Waals surface area contributed by atoms with Crippen LogP contribution in [0.15, 0.2) is 23.4 Å². The molecular formula is C11H15FN4O2. The zero-order valence-corrected chi connectivity index (χ0v) is 10.1. The minimum absolute atomic E-state index is 0.0437. The van der Waals surface area contributed by atoms with Gasteiger partial charge in [-0.05, 0) is 32.0 Å². The third-order valence-electron chi connectivity index (χ3n) is 2.03. The number of amidine groups is 1. The van der Waals surface area contributed by atoms with Crippen LogP contribution in [0.5, 0.6) is 0 Å². The van der Waals surface area contributed by atoms with Gasteiger partial charge < -0.3 is 21.6 Å². The van der Waals surface area contributed by atoms with Crippen molar-refractivity contribution in [2.24, 2.45) is 10.9 Å². The molecule has 7 heteroatoms. The van der Waals surface area contributed by atoms with Gasteiger partial charge in [0.2, 0.25) is 0 Å². The Balaban J connectivity index is 2.98. The van der Waals surface area contributed by atoms with Crippen LogP contribution in [0.4, 0.5) is 14.9 Å². The lowest BCUT2D eigenvalue weighted by Gasteiger charge is -2.13. The van der Waals surface area contributed by atoms with Gasteiger partial charge >= 0.3 is 6.03 Å². The fraction of sp³-hybridized carbons (Fsp3) is 0.273. The molecule has 18 heavy (non-hydrogen) atoms. The highest BCUT2D eigenvalue weighted by Gasteiger charge is 2.11. The lowest BCUT2D eigenvalue weighted by molar-refractivity contribution is 0.250. The zero-order valence-electron chi connectivity index (χ0n) is 10.1. The van der Waals surface area contributed by atoms with Crippen LogP contribution in [0.2, 0.25) is 0 Å². The number of hydrogen-bond acceptors (Lipinski definition) is 3. The number of rotatable bonds is 3. The van der Waals surface area contributed by atoms with E-state index in [1.165, 1.54) is 12.1 Å². The van der Waals surface area contributed by atoms with Crippen molar-refractivity contribution in [1.82, 2.24) is 5.32 Å². The molecule has 0 aromatic heterocycles. The highest BCUT2D eigenvalue weighted by Crippen LogP contribution is 2.16. The average Bonchev–Trinajstić information content (AvgIpc) is 2.29. The SMILES string of the molecule is CC(C)NC(=O)Nc1ccc(F)cc1/C(N)=N/O. The Labute approximate surface area is 104 Å². The van der Waals surface area contributed by atoms with Crippen molar-refractivity contribution in [3.05, 3.63) is 29.6 Å². The summed E-state index contributed by atoms with van der Waals surface area (Å²) in [7, 11) is 0. The Bertz CT molecular complexity index is 474. The molecule has 0 heterocycles. The van der Waals surface area contributed by atoms with Crippen molar-refractivity contribution in [1.29, 1.82) is 0 Å². The Morgan fingerprint density at radius 1 is 1.50 bits per heavy atom. The minimum Gasteiger partial charge on any atom is -0.409 e. The summed E-state index contributed by atoms with van der Waals surface area (Å²) in [5, 5.41) is 16.5. The number of anilines is 1. The Hall–Kier alpha value is -2.31. The summed E-state index contributed by atoms with van der Waals surface area (Å²) >= 11 is 0. The van der Waals surface area contributed by atoms with Crippen LogP contribution in [0, 0.1) is 5.82 Å². The fourth-order valence-electron chi connectivity index (χ4n) is 1.31. The molecule has 0 aliphatic carbocycles. The predicted molar refractivity (Wildman–Crippen MR) is 66.2 cm³/mol. The van der Waals surface area contributed by atoms with Crippen molar-refractivity contribution in [2.45, 2.75) is 19.9 Å². The number of urea groups is 1. The lowest BCUT2D eigenvalue weighted by Crippen LogP contribution is -2.34. The first-order valence-electron chi connectivity index (χ1n) is 5.29. The van der Waals surface area contributed by atoms with Crippen LogP contribution >= 0.6 is 0 Å². The second kappa shape index (κ2) is 5.85. The van der Waals surface area contributed by atoms with Gasteiger partial charge in [-0.3, -0.25) is 0 Å². The van der Waals surface area contributed by atoms with Gasteiger partial charge in [0.15, 0.2) is 5.84 Å². The predicted octanol–water partition coefficient (Wildman–Crippen LogP) is 1.45. The largest absolute Gasteiger partial charge is 0.409 e. The van der Waals surface area contributed by atoms with Gasteiger partial charge in [-0.15, -0.1) is 0 Å². The summed E-state index contributed by atoms with van der Waals surface area (Å²) in [5.74, 6) is -0.833. The molecule has 0 spiro atoms. The van der Waals surface area contributed by atoms with Gasteiger partial charge in [-0.2, -0.15) is 0 Å². The number of nitrogens with zero attached hydrogens (tertiary/aromatic N) is 1. The molecule has 2 amide bonds. The Morgan fingerprint density at radius 3 is 2.72 bits per heavy atom. The van der Waals surface area contributed by atoms with Gasteiger partial charge in [-0.1, -0.05) is 5.16 Å². The average molecular weight is 254 g/mol. The molecule has 5 N–H and O–H groups in total. The summed E-state index contributed by atoms with van der Waals surface area (Å²) in [6, 6.07) is 3.07. The van der Waals surface area contributed by atoms with Crippen LogP contribution in [0.1, 0.15) is 19.4 Å². The van der Waals surface area contributed by atoms with Gasteiger partial charge in [0.05, 0.1) is 5.69 Å². The third-order valence-corrected chi connectivity index (χ3v) is 2.03. The summed E-state index contributed by atoms with van der Waals surface area (Å²) in [4.78, 5) is 11.5. The van der Waals surface area contributed by atoms with Crippen molar-refractivity contribution in [2.75, 3.05) is 5.32 Å². The summed E-state index contributed by atoms with van der Waals surface area (Å²) < 4.78 is 13.1. The maximum Gasteiger partial charge on any atom is 0.319 e. The monoisotopic (exact) mass is 254 g/mol. The van der Waals surface area contributed by atoms with Crippen molar-refractivity contribution in [3.8, 4) is 0 Å². The smallest absolute Gasteiger partial charge is 0.319 e. The molecule has 0 fully saturated rings. The molecule has 1 aromatic rings. The molecule has 1 aromatic carbocycles. The van der Waals surface area contributed by atoms with Crippen LogP contribution in [-0.2, 0) is 0 Å². The first kappa shape index (κ1) is 13.8. The number of amides is 2. The van der Waals surface area contributed by atoms with E-state index < -0.39 is 11.8 Å². The van der Waals surface area contributed by atoms with Crippen LogP contribution in [0.3, 0.4) is 0 Å². The highest BCUT2D eigenvalue weighted by molar-refractivity contribution is 6.05. The normalized spacial score (nSPS) is 11.4. The number of halogens is 1. The Morgan fingerprint density at radius 2 is 2.17 bits per heavy atom. The second-order valence-corrected chi connectivity index (χ2v) is 3.93. The quantitative estimate of drug-likeness (QED) is 0.284. The van der Waals surface area contributed by atoms with E-state index in [-0.39, 0.29) is 23.1 Å². The second-order valence-electron chi connectivity index (χ2n) is 3.93. The molecule has 0 radical (unpaired) electrons. The summed E-state index contributed by atoms with van der Waals surface area (Å²) in [6.45, 7) is 3.60. The molecule has 6 nitrogen and oxygen atoms in total. The van der Waals surface area contributed by atoms with E-state index >= 15 is 0 Å². The van der Waals surface area contributed by atoms with E-state index in [4.69, 9.17) is 10.9 Å². The van der Waals surface area contributed by atoms with Gasteiger partial charge in [0, 0.05) is 11.6 Å². The molecule has 0 saturated carbocycles. The number of hydrogen-bond donors (Lipinski definition) is 4. The van der Waals surface area contributed by atoms with Crippen molar-refractivity contribution >= 4 is 17.6 Å². The van der Waals surface area contributed by atoms with Gasteiger partial charge in [0.1, 0.15) is 5.82 Å². The highest BCUT2D eigenvalue weighted by atomic mass is 19.1. The fourth-order valence-corrected chi connectivity index (χ4v) is 1.31. The number of nitrogens with two attached hydrogens (primary N) is 1. The maximum absolute atomic E-state index is 13.1.